The van der Waals surface area contributed by atoms with Crippen molar-refractivity contribution >= 4 is 70.4 Å². The summed E-state index contributed by atoms with van der Waals surface area (Å²) >= 11 is 1.89. The SMILES string of the molecule is C[N+]1(c2cccc(-c3cccc4c3sc3ccccc34)c2)c2ccccc2-c2cc(-n3c4ccccc4c4ccccc43)ccc21. The lowest BCUT2D eigenvalue weighted by Gasteiger charge is -2.30. The van der Waals surface area contributed by atoms with Crippen LogP contribution < -0.4 is 4.48 Å². The molecule has 1 unspecified atom stereocenters. The minimum atomic E-state index is 0.620. The molecule has 1 atom stereocenters. The van der Waals surface area contributed by atoms with Crippen LogP contribution in [0, 0.1) is 0 Å². The molecule has 1 aliphatic rings. The number of rotatable bonds is 3. The highest BCUT2D eigenvalue weighted by Crippen LogP contribution is 2.57. The van der Waals surface area contributed by atoms with E-state index in [1.54, 1.807) is 0 Å². The van der Waals surface area contributed by atoms with Crippen LogP contribution in [-0.2, 0) is 0 Å². The summed E-state index contributed by atoms with van der Waals surface area (Å²) in [4.78, 5) is 0. The summed E-state index contributed by atoms with van der Waals surface area (Å²) in [5.74, 6) is 0. The number of quaternary nitrogens is 1. The fraction of sp³-hybridized carbons (Fsp3) is 0.0233. The first-order valence-electron chi connectivity index (χ1n) is 15.8. The summed E-state index contributed by atoms with van der Waals surface area (Å²) in [6.45, 7) is 0. The van der Waals surface area contributed by atoms with Gasteiger partial charge in [0, 0.05) is 66.5 Å². The average Bonchev–Trinajstić information content (AvgIpc) is 3.75. The minimum Gasteiger partial charge on any atom is -0.309 e. The molecule has 9 aromatic rings. The van der Waals surface area contributed by atoms with Crippen LogP contribution in [-0.4, -0.2) is 11.6 Å². The predicted molar refractivity (Wildman–Crippen MR) is 198 cm³/mol. The topological polar surface area (TPSA) is 4.93 Å². The van der Waals surface area contributed by atoms with Gasteiger partial charge in [-0.15, -0.1) is 11.3 Å². The van der Waals surface area contributed by atoms with E-state index >= 15 is 0 Å². The molecule has 0 saturated heterocycles. The van der Waals surface area contributed by atoms with Crippen molar-refractivity contribution in [3.8, 4) is 27.9 Å². The monoisotopic (exact) mass is 605 g/mol. The third-order valence-electron chi connectivity index (χ3n) is 10.1. The number of nitrogens with zero attached hydrogens (tertiary/aromatic N) is 2. The van der Waals surface area contributed by atoms with Crippen LogP contribution in [0.2, 0.25) is 0 Å². The lowest BCUT2D eigenvalue weighted by molar-refractivity contribution is 0.643. The molecule has 3 heterocycles. The normalized spacial score (nSPS) is 15.6. The Kier molecular flexibility index (Phi) is 5.34. The van der Waals surface area contributed by atoms with Gasteiger partial charge in [0.1, 0.15) is 5.69 Å². The number of para-hydroxylation sites is 3. The fourth-order valence-corrected chi connectivity index (χ4v) is 9.13. The van der Waals surface area contributed by atoms with Crippen LogP contribution in [0.25, 0.3) is 69.9 Å². The van der Waals surface area contributed by atoms with E-state index in [0.29, 0.717) is 4.48 Å². The van der Waals surface area contributed by atoms with E-state index in [1.165, 1.54) is 87.0 Å². The first-order valence-corrected chi connectivity index (χ1v) is 16.6. The van der Waals surface area contributed by atoms with E-state index in [9.17, 15) is 0 Å². The number of hydrogen-bond acceptors (Lipinski definition) is 1. The zero-order valence-electron chi connectivity index (χ0n) is 25.3. The van der Waals surface area contributed by atoms with Gasteiger partial charge in [0.15, 0.2) is 11.4 Å². The van der Waals surface area contributed by atoms with Crippen molar-refractivity contribution in [3.05, 3.63) is 158 Å². The van der Waals surface area contributed by atoms with E-state index < -0.39 is 0 Å². The summed E-state index contributed by atoms with van der Waals surface area (Å²) in [5, 5.41) is 5.23. The van der Waals surface area contributed by atoms with E-state index in [0.717, 1.165) is 0 Å². The second-order valence-electron chi connectivity index (χ2n) is 12.4. The van der Waals surface area contributed by atoms with Gasteiger partial charge in [-0.3, -0.25) is 0 Å². The van der Waals surface area contributed by atoms with Gasteiger partial charge in [-0.2, -0.15) is 0 Å². The lowest BCUT2D eigenvalue weighted by Crippen LogP contribution is -2.31. The number of thiophene rings is 1. The third-order valence-corrected chi connectivity index (χ3v) is 11.3. The number of fused-ring (bicyclic) bond motifs is 9. The molecule has 216 valence electrons. The van der Waals surface area contributed by atoms with E-state index in [4.69, 9.17) is 0 Å². The molecule has 1 aliphatic heterocycles. The van der Waals surface area contributed by atoms with Crippen molar-refractivity contribution in [2.24, 2.45) is 0 Å². The van der Waals surface area contributed by atoms with Gasteiger partial charge in [0.05, 0.1) is 23.6 Å². The summed E-state index contributed by atoms with van der Waals surface area (Å²) < 4.78 is 5.72. The molecule has 0 spiro atoms. The van der Waals surface area contributed by atoms with Crippen LogP contribution in [0.3, 0.4) is 0 Å². The Labute approximate surface area is 271 Å². The molecular weight excluding hydrogens is 577 g/mol. The highest BCUT2D eigenvalue weighted by Gasteiger charge is 2.42. The maximum absolute atomic E-state index is 2.42. The van der Waals surface area contributed by atoms with Gasteiger partial charge in [-0.1, -0.05) is 97.1 Å². The molecule has 10 rings (SSSR count). The standard InChI is InChI=1S/C43H29N2S/c1-45(30-13-10-12-28(26-30)31-18-11-19-36-35-17-5-9-23-42(35)46-43(31)36)40-22-8-4-16-34(40)37-27-29(24-25-41(37)45)44-38-20-6-2-14-32(38)33-15-3-7-21-39(33)44/h2-27H,1H3/q+1. The molecule has 2 nitrogen and oxygen atoms in total. The molecule has 0 fully saturated rings. The molecule has 0 saturated carbocycles. The van der Waals surface area contributed by atoms with E-state index in [2.05, 4.69) is 169 Å². The summed E-state index contributed by atoms with van der Waals surface area (Å²) in [6.07, 6.45) is 0. The Balaban J connectivity index is 1.17. The molecule has 0 amide bonds. The van der Waals surface area contributed by atoms with Crippen LogP contribution >= 0.6 is 11.3 Å². The van der Waals surface area contributed by atoms with Crippen LogP contribution in [0.5, 0.6) is 0 Å². The molecule has 0 aliphatic carbocycles. The first kappa shape index (κ1) is 25.8. The zero-order valence-corrected chi connectivity index (χ0v) is 26.1. The quantitative estimate of drug-likeness (QED) is 0.177. The Hall–Kier alpha value is -5.48. The second kappa shape index (κ2) is 9.51. The Bertz CT molecular complexity index is 2620. The summed E-state index contributed by atoms with van der Waals surface area (Å²) in [5.41, 5.74) is 12.6. The van der Waals surface area contributed by atoms with E-state index in [-0.39, 0.29) is 0 Å². The molecule has 7 aromatic carbocycles. The van der Waals surface area contributed by atoms with Gasteiger partial charge in [0.25, 0.3) is 0 Å². The maximum atomic E-state index is 2.42. The molecule has 2 aromatic heterocycles. The molecule has 46 heavy (non-hydrogen) atoms. The van der Waals surface area contributed by atoms with Gasteiger partial charge in [-0.05, 0) is 47.5 Å². The molecule has 3 heteroatoms. The highest BCUT2D eigenvalue weighted by molar-refractivity contribution is 7.26. The number of benzene rings is 7. The van der Waals surface area contributed by atoms with Crippen molar-refractivity contribution in [1.29, 1.82) is 0 Å². The summed E-state index contributed by atoms with van der Waals surface area (Å²) in [6, 6.07) is 58.2. The average molecular weight is 606 g/mol. The van der Waals surface area contributed by atoms with Crippen molar-refractivity contribution in [3.63, 3.8) is 0 Å². The van der Waals surface area contributed by atoms with Crippen molar-refractivity contribution in [2.45, 2.75) is 0 Å². The third kappa shape index (κ3) is 3.44. The lowest BCUT2D eigenvalue weighted by atomic mass is 10.0. The molecule has 0 N–H and O–H groups in total. The Morgan fingerprint density at radius 2 is 1.11 bits per heavy atom. The first-order chi connectivity index (χ1) is 22.7. The van der Waals surface area contributed by atoms with Crippen molar-refractivity contribution < 1.29 is 0 Å². The van der Waals surface area contributed by atoms with Crippen molar-refractivity contribution in [2.75, 3.05) is 7.05 Å². The molecular formula is C43H29N2S+. The number of aromatic nitrogens is 1. The van der Waals surface area contributed by atoms with Crippen LogP contribution in [0.1, 0.15) is 0 Å². The Morgan fingerprint density at radius 3 is 1.93 bits per heavy atom. The highest BCUT2D eigenvalue weighted by atomic mass is 32.1. The second-order valence-corrected chi connectivity index (χ2v) is 13.5. The predicted octanol–water partition coefficient (Wildman–Crippen LogP) is 12.4. The fourth-order valence-electron chi connectivity index (χ4n) is 7.89. The Morgan fingerprint density at radius 1 is 0.478 bits per heavy atom. The van der Waals surface area contributed by atoms with Gasteiger partial charge >= 0.3 is 0 Å². The van der Waals surface area contributed by atoms with Gasteiger partial charge in [0.2, 0.25) is 0 Å². The summed E-state index contributed by atoms with van der Waals surface area (Å²) in [7, 11) is 2.35. The van der Waals surface area contributed by atoms with Gasteiger partial charge in [-0.25, -0.2) is 4.48 Å². The van der Waals surface area contributed by atoms with E-state index in [1.807, 2.05) is 11.3 Å². The van der Waals surface area contributed by atoms with Crippen LogP contribution in [0.15, 0.2) is 158 Å². The molecule has 0 radical (unpaired) electrons. The zero-order chi connectivity index (χ0) is 30.4. The molecule has 0 bridgehead atoms. The largest absolute Gasteiger partial charge is 0.309 e. The van der Waals surface area contributed by atoms with Crippen molar-refractivity contribution in [1.82, 2.24) is 9.05 Å². The minimum absolute atomic E-state index is 0.620. The van der Waals surface area contributed by atoms with Crippen LogP contribution in [0.4, 0.5) is 17.1 Å². The smallest absolute Gasteiger partial charge is 0.151 e. The maximum Gasteiger partial charge on any atom is 0.151 e. The van der Waals surface area contributed by atoms with Gasteiger partial charge < -0.3 is 4.57 Å². The number of hydrogen-bond donors (Lipinski definition) is 0.